The van der Waals surface area contributed by atoms with Crippen molar-refractivity contribution in [1.82, 2.24) is 10.6 Å². The fourth-order valence-electron chi connectivity index (χ4n) is 1.45. The Balaban J connectivity index is 2.05. The highest BCUT2D eigenvalue weighted by Gasteiger charge is 2.11. The molecule has 86 valence electrons. The van der Waals surface area contributed by atoms with Crippen molar-refractivity contribution >= 4 is 5.91 Å². The van der Waals surface area contributed by atoms with E-state index in [1.807, 2.05) is 19.9 Å². The fraction of sp³-hybridized carbons (Fsp3) is 0.727. The molecule has 1 heterocycles. The number of rotatable bonds is 5. The minimum atomic E-state index is 0.0383. The summed E-state index contributed by atoms with van der Waals surface area (Å²) in [6, 6.07) is 0.202. The van der Waals surface area contributed by atoms with Gasteiger partial charge in [0.25, 0.3) is 0 Å². The summed E-state index contributed by atoms with van der Waals surface area (Å²) in [5.41, 5.74) is 0. The lowest BCUT2D eigenvalue weighted by Crippen LogP contribution is -2.40. The molecule has 0 aromatic heterocycles. The van der Waals surface area contributed by atoms with Crippen LogP contribution in [0.5, 0.6) is 0 Å². The zero-order chi connectivity index (χ0) is 11.1. The molecule has 2 N–H and O–H groups in total. The van der Waals surface area contributed by atoms with E-state index in [4.69, 9.17) is 4.74 Å². The second kappa shape index (κ2) is 6.45. The van der Waals surface area contributed by atoms with Crippen LogP contribution in [-0.2, 0) is 9.53 Å². The summed E-state index contributed by atoms with van der Waals surface area (Å²) >= 11 is 0. The molecule has 1 aliphatic rings. The first-order chi connectivity index (χ1) is 7.18. The van der Waals surface area contributed by atoms with Gasteiger partial charge in [0.2, 0.25) is 5.91 Å². The highest BCUT2D eigenvalue weighted by Crippen LogP contribution is 2.08. The second-order valence-electron chi connectivity index (χ2n) is 4.06. The molecule has 0 saturated heterocycles. The molecular weight excluding hydrogens is 192 g/mol. The fourth-order valence-corrected chi connectivity index (χ4v) is 1.45. The van der Waals surface area contributed by atoms with Gasteiger partial charge in [-0.2, -0.15) is 0 Å². The quantitative estimate of drug-likeness (QED) is 0.708. The number of allylic oxidation sites excluding steroid dienone is 1. The summed E-state index contributed by atoms with van der Waals surface area (Å²) in [5, 5.41) is 5.91. The third-order valence-corrected chi connectivity index (χ3v) is 2.13. The van der Waals surface area contributed by atoms with Gasteiger partial charge in [0, 0.05) is 12.6 Å². The zero-order valence-electron chi connectivity index (χ0n) is 9.45. The third-order valence-electron chi connectivity index (χ3n) is 2.13. The van der Waals surface area contributed by atoms with E-state index in [0.717, 1.165) is 19.4 Å². The molecule has 1 rings (SSSR count). The van der Waals surface area contributed by atoms with Crippen molar-refractivity contribution < 1.29 is 9.53 Å². The molecule has 4 nitrogen and oxygen atoms in total. The number of amides is 1. The SMILES string of the molecule is CC(C)NC(=O)CNCC1CCC=CO1. The number of nitrogens with one attached hydrogen (secondary N) is 2. The monoisotopic (exact) mass is 212 g/mol. The van der Waals surface area contributed by atoms with Crippen LogP contribution < -0.4 is 10.6 Å². The Morgan fingerprint density at radius 2 is 2.40 bits per heavy atom. The lowest BCUT2D eigenvalue weighted by atomic mass is 10.1. The first-order valence-corrected chi connectivity index (χ1v) is 5.49. The summed E-state index contributed by atoms with van der Waals surface area (Å²) in [4.78, 5) is 11.3. The number of hydrogen-bond acceptors (Lipinski definition) is 3. The van der Waals surface area contributed by atoms with Crippen molar-refractivity contribution in [2.45, 2.75) is 38.8 Å². The van der Waals surface area contributed by atoms with Crippen LogP contribution in [0.15, 0.2) is 12.3 Å². The van der Waals surface area contributed by atoms with Crippen molar-refractivity contribution in [3.8, 4) is 0 Å². The third kappa shape index (κ3) is 5.42. The molecule has 0 fully saturated rings. The lowest BCUT2D eigenvalue weighted by Gasteiger charge is -2.19. The van der Waals surface area contributed by atoms with E-state index in [1.54, 1.807) is 6.26 Å². The summed E-state index contributed by atoms with van der Waals surface area (Å²) in [7, 11) is 0. The largest absolute Gasteiger partial charge is 0.497 e. The van der Waals surface area contributed by atoms with Crippen LogP contribution in [0.3, 0.4) is 0 Å². The van der Waals surface area contributed by atoms with Gasteiger partial charge in [0.05, 0.1) is 12.8 Å². The summed E-state index contributed by atoms with van der Waals surface area (Å²) in [5.74, 6) is 0.0383. The Morgan fingerprint density at radius 3 is 3.00 bits per heavy atom. The molecule has 1 unspecified atom stereocenters. The standard InChI is InChI=1S/C11H20N2O2/c1-9(2)13-11(14)8-12-7-10-5-3-4-6-15-10/h4,6,9-10,12H,3,5,7-8H2,1-2H3,(H,13,14). The lowest BCUT2D eigenvalue weighted by molar-refractivity contribution is -0.120. The molecule has 0 aromatic rings. The Hall–Kier alpha value is -1.03. The topological polar surface area (TPSA) is 50.4 Å². The zero-order valence-corrected chi connectivity index (χ0v) is 9.45. The minimum absolute atomic E-state index is 0.0383. The Morgan fingerprint density at radius 1 is 1.60 bits per heavy atom. The summed E-state index contributed by atoms with van der Waals surface area (Å²) in [6.07, 6.45) is 6.05. The van der Waals surface area contributed by atoms with Gasteiger partial charge in [-0.15, -0.1) is 0 Å². The van der Waals surface area contributed by atoms with Gasteiger partial charge in [-0.1, -0.05) is 0 Å². The van der Waals surface area contributed by atoms with Crippen molar-refractivity contribution in [3.05, 3.63) is 12.3 Å². The molecule has 0 bridgehead atoms. The molecule has 0 spiro atoms. The van der Waals surface area contributed by atoms with Gasteiger partial charge in [-0.3, -0.25) is 4.79 Å². The van der Waals surface area contributed by atoms with E-state index < -0.39 is 0 Å². The van der Waals surface area contributed by atoms with Gasteiger partial charge in [-0.25, -0.2) is 0 Å². The van der Waals surface area contributed by atoms with Crippen LogP contribution >= 0.6 is 0 Å². The van der Waals surface area contributed by atoms with Gasteiger partial charge in [0.15, 0.2) is 0 Å². The first-order valence-electron chi connectivity index (χ1n) is 5.49. The summed E-state index contributed by atoms with van der Waals surface area (Å²) in [6.45, 7) is 5.00. The number of carbonyl (C=O) groups excluding carboxylic acids is 1. The predicted octanol–water partition coefficient (Wildman–Crippen LogP) is 0.793. The van der Waals surface area contributed by atoms with E-state index in [0.29, 0.717) is 6.54 Å². The molecule has 0 radical (unpaired) electrons. The molecular formula is C11H20N2O2. The molecule has 1 atom stereocenters. The molecule has 0 aromatic carbocycles. The molecule has 4 heteroatoms. The second-order valence-corrected chi connectivity index (χ2v) is 4.06. The van der Waals surface area contributed by atoms with Crippen LogP contribution in [0.25, 0.3) is 0 Å². The van der Waals surface area contributed by atoms with Crippen LogP contribution in [0.2, 0.25) is 0 Å². The molecule has 0 aliphatic carbocycles. The average Bonchev–Trinajstić information content (AvgIpc) is 2.18. The van der Waals surface area contributed by atoms with Gasteiger partial charge < -0.3 is 15.4 Å². The van der Waals surface area contributed by atoms with E-state index in [9.17, 15) is 4.79 Å². The van der Waals surface area contributed by atoms with Crippen LogP contribution in [0, 0.1) is 0 Å². The number of carbonyl (C=O) groups is 1. The first kappa shape index (κ1) is 12.0. The van der Waals surface area contributed by atoms with Crippen LogP contribution in [0.1, 0.15) is 26.7 Å². The molecule has 15 heavy (non-hydrogen) atoms. The summed E-state index contributed by atoms with van der Waals surface area (Å²) < 4.78 is 5.37. The average molecular weight is 212 g/mol. The van der Waals surface area contributed by atoms with E-state index >= 15 is 0 Å². The van der Waals surface area contributed by atoms with Crippen LogP contribution in [0.4, 0.5) is 0 Å². The van der Waals surface area contributed by atoms with E-state index in [1.165, 1.54) is 0 Å². The van der Waals surface area contributed by atoms with Crippen molar-refractivity contribution in [2.75, 3.05) is 13.1 Å². The highest BCUT2D eigenvalue weighted by molar-refractivity contribution is 5.78. The molecule has 1 aliphatic heterocycles. The molecule has 1 amide bonds. The van der Waals surface area contributed by atoms with E-state index in [2.05, 4.69) is 10.6 Å². The van der Waals surface area contributed by atoms with Gasteiger partial charge >= 0.3 is 0 Å². The maximum atomic E-state index is 11.3. The van der Waals surface area contributed by atoms with Crippen molar-refractivity contribution in [2.24, 2.45) is 0 Å². The van der Waals surface area contributed by atoms with Crippen molar-refractivity contribution in [1.29, 1.82) is 0 Å². The van der Waals surface area contributed by atoms with Gasteiger partial charge in [-0.05, 0) is 32.8 Å². The minimum Gasteiger partial charge on any atom is -0.497 e. The Labute approximate surface area is 91.1 Å². The van der Waals surface area contributed by atoms with Gasteiger partial charge in [0.1, 0.15) is 6.10 Å². The predicted molar refractivity (Wildman–Crippen MR) is 59.4 cm³/mol. The maximum Gasteiger partial charge on any atom is 0.234 e. The maximum absolute atomic E-state index is 11.3. The normalized spacial score (nSPS) is 20.1. The highest BCUT2D eigenvalue weighted by atomic mass is 16.5. The number of ether oxygens (including phenoxy) is 1. The Bertz CT molecular complexity index is 227. The molecule has 0 saturated carbocycles. The van der Waals surface area contributed by atoms with Crippen LogP contribution in [-0.4, -0.2) is 31.1 Å². The van der Waals surface area contributed by atoms with Crippen molar-refractivity contribution in [3.63, 3.8) is 0 Å². The van der Waals surface area contributed by atoms with E-state index in [-0.39, 0.29) is 18.1 Å². The number of hydrogen-bond donors (Lipinski definition) is 2. The Kier molecular flexibility index (Phi) is 5.18. The smallest absolute Gasteiger partial charge is 0.234 e.